The van der Waals surface area contributed by atoms with Gasteiger partial charge in [-0.1, -0.05) is 32.6 Å². The summed E-state index contributed by atoms with van der Waals surface area (Å²) in [6.45, 7) is 4.57. The van der Waals surface area contributed by atoms with Crippen molar-refractivity contribution in [2.75, 3.05) is 13.1 Å². The highest BCUT2D eigenvalue weighted by Gasteiger charge is 2.33. The van der Waals surface area contributed by atoms with E-state index in [1.165, 1.54) is 59.7 Å². The van der Waals surface area contributed by atoms with Crippen LogP contribution < -0.4 is 0 Å². The number of halogens is 2. The van der Waals surface area contributed by atoms with Crippen LogP contribution in [0.2, 0.25) is 0 Å². The van der Waals surface area contributed by atoms with Gasteiger partial charge in [-0.3, -0.25) is 4.79 Å². The molecule has 1 aliphatic carbocycles. The first-order valence-electron chi connectivity index (χ1n) is 8.58. The average Bonchev–Trinajstić information content (AvgIpc) is 3.02. The van der Waals surface area contributed by atoms with Crippen LogP contribution in [0.4, 0.5) is 0 Å². The molecule has 0 bridgehead atoms. The number of hydrogen-bond donors (Lipinski definition) is 0. The molecule has 22 heavy (non-hydrogen) atoms. The minimum atomic E-state index is 0. The molecule has 0 aromatic heterocycles. The quantitative estimate of drug-likeness (QED) is 0.687. The predicted molar refractivity (Wildman–Crippen MR) is 98.7 cm³/mol. The SMILES string of the molecule is BOC(=O)C(CCCC)C1CCN(C2CCCC2)CC1.Cl.Cl. The first-order valence-corrected chi connectivity index (χ1v) is 8.58. The Kier molecular flexibility index (Phi) is 11.6. The molecule has 0 N–H and O–H groups in total. The number of piperidine rings is 1. The number of likely N-dealkylation sites (tertiary alicyclic amines) is 1. The Balaban J connectivity index is 0.00000220. The molecule has 1 unspecified atom stereocenters. The topological polar surface area (TPSA) is 29.5 Å². The van der Waals surface area contributed by atoms with Crippen molar-refractivity contribution < 1.29 is 9.45 Å². The number of rotatable bonds is 6. The molecule has 3 nitrogen and oxygen atoms in total. The van der Waals surface area contributed by atoms with Crippen LogP contribution in [-0.4, -0.2) is 38.0 Å². The number of carbonyl (C=O) groups excluding carboxylic acids is 1. The van der Waals surface area contributed by atoms with E-state index in [0.29, 0.717) is 5.92 Å². The van der Waals surface area contributed by atoms with Gasteiger partial charge in [0, 0.05) is 6.04 Å². The third-order valence-electron chi connectivity index (χ3n) is 5.36. The lowest BCUT2D eigenvalue weighted by Gasteiger charge is -2.38. The van der Waals surface area contributed by atoms with Crippen LogP contribution in [0.25, 0.3) is 0 Å². The fourth-order valence-corrected chi connectivity index (χ4v) is 4.08. The van der Waals surface area contributed by atoms with Crippen molar-refractivity contribution in [2.45, 2.75) is 70.8 Å². The van der Waals surface area contributed by atoms with Crippen LogP contribution in [0.3, 0.4) is 0 Å². The summed E-state index contributed by atoms with van der Waals surface area (Å²) in [5, 5.41) is 0. The largest absolute Gasteiger partial charge is 0.543 e. The summed E-state index contributed by atoms with van der Waals surface area (Å²) in [6.07, 6.45) is 11.3. The molecule has 1 saturated carbocycles. The molecule has 0 spiro atoms. The minimum absolute atomic E-state index is 0. The van der Waals surface area contributed by atoms with Gasteiger partial charge in [0.1, 0.15) is 0 Å². The van der Waals surface area contributed by atoms with Crippen LogP contribution in [-0.2, 0) is 9.45 Å². The van der Waals surface area contributed by atoms with Gasteiger partial charge in [-0.15, -0.1) is 24.8 Å². The van der Waals surface area contributed by atoms with Gasteiger partial charge in [-0.25, -0.2) is 0 Å². The molecule has 0 radical (unpaired) electrons. The van der Waals surface area contributed by atoms with E-state index >= 15 is 0 Å². The number of hydrogen-bond acceptors (Lipinski definition) is 3. The van der Waals surface area contributed by atoms with Crippen molar-refractivity contribution in [1.82, 2.24) is 4.90 Å². The zero-order valence-electron chi connectivity index (χ0n) is 14.1. The van der Waals surface area contributed by atoms with Crippen molar-refractivity contribution in [3.8, 4) is 0 Å². The van der Waals surface area contributed by atoms with Gasteiger partial charge in [-0.05, 0) is 51.1 Å². The summed E-state index contributed by atoms with van der Waals surface area (Å²) >= 11 is 0. The van der Waals surface area contributed by atoms with E-state index in [1.807, 2.05) is 0 Å². The summed E-state index contributed by atoms with van der Waals surface area (Å²) in [6, 6.07) is 0.836. The van der Waals surface area contributed by atoms with E-state index in [2.05, 4.69) is 11.8 Å². The first-order chi connectivity index (χ1) is 9.76. The molecular formula is C16H32BCl2NO2. The highest BCUT2D eigenvalue weighted by atomic mass is 35.5. The highest BCUT2D eigenvalue weighted by molar-refractivity contribution is 6.05. The Morgan fingerprint density at radius 3 is 2.27 bits per heavy atom. The molecule has 1 saturated heterocycles. The molecule has 0 aromatic carbocycles. The Labute approximate surface area is 149 Å². The maximum absolute atomic E-state index is 12.0. The summed E-state index contributed by atoms with van der Waals surface area (Å²) in [4.78, 5) is 14.7. The lowest BCUT2D eigenvalue weighted by Crippen LogP contribution is -2.42. The Bertz CT molecular complexity index is 307. The lowest BCUT2D eigenvalue weighted by molar-refractivity contribution is -0.141. The zero-order chi connectivity index (χ0) is 14.4. The second-order valence-corrected chi connectivity index (χ2v) is 6.58. The second kappa shape index (κ2) is 11.6. The molecule has 1 heterocycles. The molecule has 2 aliphatic rings. The van der Waals surface area contributed by atoms with Crippen LogP contribution in [0.5, 0.6) is 0 Å². The van der Waals surface area contributed by atoms with Crippen LogP contribution in [0.15, 0.2) is 0 Å². The van der Waals surface area contributed by atoms with Gasteiger partial charge < -0.3 is 9.55 Å². The molecule has 6 heteroatoms. The van der Waals surface area contributed by atoms with Gasteiger partial charge >= 0.3 is 8.05 Å². The van der Waals surface area contributed by atoms with Gasteiger partial charge in [0.05, 0.1) is 5.92 Å². The molecule has 1 aliphatic heterocycles. The Morgan fingerprint density at radius 1 is 1.18 bits per heavy atom. The maximum atomic E-state index is 12.0. The molecule has 1 atom stereocenters. The highest BCUT2D eigenvalue weighted by Crippen LogP contribution is 2.33. The summed E-state index contributed by atoms with van der Waals surface area (Å²) in [7, 11) is 1.54. The van der Waals surface area contributed by atoms with E-state index in [0.717, 1.165) is 25.3 Å². The third kappa shape index (κ3) is 5.94. The first kappa shape index (κ1) is 22.1. The fourth-order valence-electron chi connectivity index (χ4n) is 4.08. The molecular weight excluding hydrogens is 320 g/mol. The van der Waals surface area contributed by atoms with Gasteiger partial charge in [-0.2, -0.15) is 0 Å². The Morgan fingerprint density at radius 2 is 1.77 bits per heavy atom. The van der Waals surface area contributed by atoms with Gasteiger partial charge in [0.25, 0.3) is 5.97 Å². The van der Waals surface area contributed by atoms with E-state index in [-0.39, 0.29) is 36.7 Å². The summed E-state index contributed by atoms with van der Waals surface area (Å²) in [5.74, 6) is 0.718. The van der Waals surface area contributed by atoms with Crippen LogP contribution in [0.1, 0.15) is 64.7 Å². The minimum Gasteiger partial charge on any atom is -0.543 e. The standard InChI is InChI=1S/C16H30BNO2.2ClH/c1-2-3-8-15(16(19)20-17)13-9-11-18(12-10-13)14-6-4-5-7-14;;/h13-15H,2-12,17H2,1H3;2*1H. The Hall–Kier alpha value is 0.0749. The molecule has 2 rings (SSSR count). The molecule has 2 fully saturated rings. The van der Waals surface area contributed by atoms with Crippen molar-refractivity contribution in [3.05, 3.63) is 0 Å². The van der Waals surface area contributed by atoms with Crippen molar-refractivity contribution in [3.63, 3.8) is 0 Å². The predicted octanol–water partition coefficient (Wildman–Crippen LogP) is 3.38. The smallest absolute Gasteiger partial charge is 0.325 e. The normalized spacial score (nSPS) is 21.7. The average molecular weight is 352 g/mol. The third-order valence-corrected chi connectivity index (χ3v) is 5.36. The number of carbonyl (C=O) groups is 1. The maximum Gasteiger partial charge on any atom is 0.325 e. The van der Waals surface area contributed by atoms with E-state index in [1.54, 1.807) is 0 Å². The monoisotopic (exact) mass is 351 g/mol. The molecule has 0 amide bonds. The lowest BCUT2D eigenvalue weighted by atomic mass is 9.81. The molecule has 0 aromatic rings. The van der Waals surface area contributed by atoms with Gasteiger partial charge in [0.15, 0.2) is 0 Å². The second-order valence-electron chi connectivity index (χ2n) is 6.58. The van der Waals surface area contributed by atoms with Crippen molar-refractivity contribution >= 4 is 38.8 Å². The van der Waals surface area contributed by atoms with E-state index < -0.39 is 0 Å². The van der Waals surface area contributed by atoms with E-state index in [4.69, 9.17) is 4.65 Å². The fraction of sp³-hybridized carbons (Fsp3) is 0.938. The van der Waals surface area contributed by atoms with Gasteiger partial charge in [0.2, 0.25) is 0 Å². The number of unbranched alkanes of at least 4 members (excludes halogenated alkanes) is 1. The van der Waals surface area contributed by atoms with Crippen LogP contribution >= 0.6 is 24.8 Å². The van der Waals surface area contributed by atoms with Crippen molar-refractivity contribution in [1.29, 1.82) is 0 Å². The van der Waals surface area contributed by atoms with Crippen molar-refractivity contribution in [2.24, 2.45) is 11.8 Å². The van der Waals surface area contributed by atoms with Crippen LogP contribution in [0, 0.1) is 11.8 Å². The van der Waals surface area contributed by atoms with E-state index in [9.17, 15) is 4.79 Å². The molecule has 130 valence electrons. The number of nitrogens with zero attached hydrogens (tertiary/aromatic N) is 1. The zero-order valence-corrected chi connectivity index (χ0v) is 15.7. The summed E-state index contributed by atoms with van der Waals surface area (Å²) in [5.41, 5.74) is 0. The summed E-state index contributed by atoms with van der Waals surface area (Å²) < 4.78 is 5.04.